The number of aliphatic hydroxyl groups is 1. The van der Waals surface area contributed by atoms with Crippen molar-refractivity contribution in [2.24, 2.45) is 0 Å². The van der Waals surface area contributed by atoms with E-state index in [0.29, 0.717) is 6.42 Å². The van der Waals surface area contributed by atoms with Crippen molar-refractivity contribution in [3.05, 3.63) is 59.4 Å². The van der Waals surface area contributed by atoms with Gasteiger partial charge in [-0.05, 0) is 24.6 Å². The topological polar surface area (TPSA) is 51.5 Å². The number of benzene rings is 1. The second-order valence-electron chi connectivity index (χ2n) is 5.28. The Balaban J connectivity index is 2.05. The van der Waals surface area contributed by atoms with Crippen molar-refractivity contribution >= 4 is 5.97 Å². The molecule has 2 unspecified atom stereocenters. The molecule has 3 rings (SSSR count). The molecule has 1 N–H and O–H groups in total. The van der Waals surface area contributed by atoms with Gasteiger partial charge in [0.1, 0.15) is 0 Å². The van der Waals surface area contributed by atoms with Gasteiger partial charge in [-0.3, -0.25) is 0 Å². The van der Waals surface area contributed by atoms with Gasteiger partial charge in [-0.2, -0.15) is 0 Å². The van der Waals surface area contributed by atoms with Crippen molar-refractivity contribution in [1.82, 2.24) is 4.57 Å². The molecule has 4 heteroatoms. The Kier molecular flexibility index (Phi) is 2.91. The number of carbonyl (C=O) groups excluding carboxylic acids is 1. The fourth-order valence-electron chi connectivity index (χ4n) is 2.94. The monoisotopic (exact) mass is 271 g/mol. The van der Waals surface area contributed by atoms with E-state index in [1.54, 1.807) is 10.8 Å². The molecule has 1 aromatic carbocycles. The molecule has 1 aliphatic rings. The molecule has 0 spiro atoms. The molecule has 0 saturated heterocycles. The summed E-state index contributed by atoms with van der Waals surface area (Å²) in [7, 11) is 1.29. The zero-order chi connectivity index (χ0) is 14.3. The number of hydrogen-bond acceptors (Lipinski definition) is 3. The van der Waals surface area contributed by atoms with Crippen LogP contribution in [-0.4, -0.2) is 22.8 Å². The Morgan fingerprint density at radius 1 is 1.35 bits per heavy atom. The van der Waals surface area contributed by atoms with Crippen LogP contribution < -0.4 is 0 Å². The van der Waals surface area contributed by atoms with E-state index in [9.17, 15) is 9.90 Å². The summed E-state index contributed by atoms with van der Waals surface area (Å²) in [5, 5.41) is 10.7. The molecule has 20 heavy (non-hydrogen) atoms. The number of hydrogen-bond donors (Lipinski definition) is 1. The van der Waals surface area contributed by atoms with E-state index >= 15 is 0 Å². The number of carbonyl (C=O) groups is 1. The van der Waals surface area contributed by atoms with Crippen LogP contribution in [0.25, 0.3) is 0 Å². The van der Waals surface area contributed by atoms with Gasteiger partial charge in [0.15, 0.2) is 0 Å². The maximum Gasteiger partial charge on any atom is 0.359 e. The lowest BCUT2D eigenvalue weighted by Crippen LogP contribution is -2.39. The van der Waals surface area contributed by atoms with Crippen molar-refractivity contribution in [2.45, 2.75) is 25.0 Å². The molecule has 0 radical (unpaired) electrons. The number of fused-ring (bicyclic) bond motifs is 1. The largest absolute Gasteiger partial charge is 0.465 e. The average molecular weight is 271 g/mol. The highest BCUT2D eigenvalue weighted by Gasteiger charge is 2.49. The zero-order valence-electron chi connectivity index (χ0n) is 11.5. The predicted molar refractivity (Wildman–Crippen MR) is 74.3 cm³/mol. The van der Waals surface area contributed by atoms with Gasteiger partial charge in [0.2, 0.25) is 5.72 Å². The van der Waals surface area contributed by atoms with Crippen LogP contribution in [0.2, 0.25) is 0 Å². The highest BCUT2D eigenvalue weighted by molar-refractivity contribution is 5.78. The predicted octanol–water partition coefficient (Wildman–Crippen LogP) is 2.15. The standard InChI is InChI=1S/C16H17NO3/c1-11-5-7-12(8-6-11)13-10-16(19,15(18)20-2)17-9-3-4-14(13)17/h3-9,13,19H,10H2,1-2H3. The maximum absolute atomic E-state index is 11.9. The van der Waals surface area contributed by atoms with Crippen molar-refractivity contribution in [2.75, 3.05) is 7.11 Å². The van der Waals surface area contributed by atoms with E-state index in [-0.39, 0.29) is 5.92 Å². The van der Waals surface area contributed by atoms with E-state index in [4.69, 9.17) is 4.74 Å². The van der Waals surface area contributed by atoms with E-state index in [2.05, 4.69) is 0 Å². The minimum atomic E-state index is -1.61. The van der Waals surface area contributed by atoms with Crippen LogP contribution in [0.4, 0.5) is 0 Å². The molecule has 0 bridgehead atoms. The lowest BCUT2D eigenvalue weighted by atomic mass is 9.91. The summed E-state index contributed by atoms with van der Waals surface area (Å²) in [6, 6.07) is 11.9. The summed E-state index contributed by atoms with van der Waals surface area (Å²) >= 11 is 0. The highest BCUT2D eigenvalue weighted by Crippen LogP contribution is 2.43. The van der Waals surface area contributed by atoms with Crippen LogP contribution in [0.15, 0.2) is 42.6 Å². The van der Waals surface area contributed by atoms with Crippen molar-refractivity contribution in [3.63, 3.8) is 0 Å². The zero-order valence-corrected chi connectivity index (χ0v) is 11.5. The number of aromatic nitrogens is 1. The van der Waals surface area contributed by atoms with E-state index in [1.165, 1.54) is 12.7 Å². The number of rotatable bonds is 2. The third-order valence-electron chi connectivity index (χ3n) is 4.02. The van der Waals surface area contributed by atoms with Gasteiger partial charge in [0, 0.05) is 24.2 Å². The molecule has 2 atom stereocenters. The molecular weight excluding hydrogens is 254 g/mol. The van der Waals surface area contributed by atoms with E-state index in [1.807, 2.05) is 43.3 Å². The van der Waals surface area contributed by atoms with Crippen LogP contribution >= 0.6 is 0 Å². The molecule has 104 valence electrons. The lowest BCUT2D eigenvalue weighted by molar-refractivity contribution is -0.173. The van der Waals surface area contributed by atoms with Crippen molar-refractivity contribution in [3.8, 4) is 0 Å². The van der Waals surface area contributed by atoms with Gasteiger partial charge in [-0.25, -0.2) is 4.79 Å². The van der Waals surface area contributed by atoms with Crippen molar-refractivity contribution < 1.29 is 14.6 Å². The quantitative estimate of drug-likeness (QED) is 0.851. The summed E-state index contributed by atoms with van der Waals surface area (Å²) in [6.07, 6.45) is 2.03. The van der Waals surface area contributed by atoms with Gasteiger partial charge in [0.05, 0.1) is 7.11 Å². The van der Waals surface area contributed by atoms with Gasteiger partial charge in [-0.1, -0.05) is 29.8 Å². The lowest BCUT2D eigenvalue weighted by Gasteiger charge is -2.22. The molecule has 0 aliphatic carbocycles. The number of nitrogens with zero attached hydrogens (tertiary/aromatic N) is 1. The molecule has 2 aromatic rings. The van der Waals surface area contributed by atoms with Crippen LogP contribution in [0.3, 0.4) is 0 Å². The average Bonchev–Trinajstić information content (AvgIpc) is 3.03. The Labute approximate surface area is 117 Å². The normalized spacial score (nSPS) is 24.4. The van der Waals surface area contributed by atoms with Crippen molar-refractivity contribution in [1.29, 1.82) is 0 Å². The highest BCUT2D eigenvalue weighted by atomic mass is 16.5. The molecule has 1 aromatic heterocycles. The molecule has 0 saturated carbocycles. The Bertz CT molecular complexity index is 644. The smallest absolute Gasteiger partial charge is 0.359 e. The summed E-state index contributed by atoms with van der Waals surface area (Å²) in [4.78, 5) is 11.9. The van der Waals surface area contributed by atoms with Gasteiger partial charge >= 0.3 is 5.97 Å². The maximum atomic E-state index is 11.9. The third-order valence-corrected chi connectivity index (χ3v) is 4.02. The fourth-order valence-corrected chi connectivity index (χ4v) is 2.94. The molecule has 4 nitrogen and oxygen atoms in total. The summed E-state index contributed by atoms with van der Waals surface area (Å²) < 4.78 is 6.37. The van der Waals surface area contributed by atoms with Gasteiger partial charge in [0.25, 0.3) is 0 Å². The molecule has 1 aliphatic heterocycles. The molecule has 0 amide bonds. The number of ether oxygens (including phenoxy) is 1. The molecule has 0 fully saturated rings. The minimum absolute atomic E-state index is 0.00491. The van der Waals surface area contributed by atoms with Crippen LogP contribution in [0.5, 0.6) is 0 Å². The Hall–Kier alpha value is -2.07. The summed E-state index contributed by atoms with van der Waals surface area (Å²) in [6.45, 7) is 2.03. The fraction of sp³-hybridized carbons (Fsp3) is 0.312. The van der Waals surface area contributed by atoms with Crippen LogP contribution in [-0.2, 0) is 15.3 Å². The van der Waals surface area contributed by atoms with Gasteiger partial charge in [-0.15, -0.1) is 0 Å². The second-order valence-corrected chi connectivity index (χ2v) is 5.28. The van der Waals surface area contributed by atoms with E-state index in [0.717, 1.165) is 11.3 Å². The Morgan fingerprint density at radius 3 is 2.70 bits per heavy atom. The van der Waals surface area contributed by atoms with Crippen LogP contribution in [0.1, 0.15) is 29.2 Å². The minimum Gasteiger partial charge on any atom is -0.465 e. The SMILES string of the molecule is COC(=O)C1(O)CC(c2ccc(C)cc2)c2cccn21. The Morgan fingerprint density at radius 2 is 2.05 bits per heavy atom. The summed E-state index contributed by atoms with van der Waals surface area (Å²) in [5.74, 6) is -0.626. The molecular formula is C16H17NO3. The first kappa shape index (κ1) is 12.9. The number of esters is 1. The van der Waals surface area contributed by atoms with E-state index < -0.39 is 11.7 Å². The van der Waals surface area contributed by atoms with Gasteiger partial charge < -0.3 is 14.4 Å². The molecule has 2 heterocycles. The first-order valence-electron chi connectivity index (χ1n) is 6.61. The second kappa shape index (κ2) is 4.49. The number of aryl methyl sites for hydroxylation is 1. The first-order valence-corrected chi connectivity index (χ1v) is 6.61. The summed E-state index contributed by atoms with van der Waals surface area (Å²) in [5.41, 5.74) is 1.60. The van der Waals surface area contributed by atoms with Crippen LogP contribution in [0, 0.1) is 6.92 Å². The third kappa shape index (κ3) is 1.76. The first-order chi connectivity index (χ1) is 9.56. The number of methoxy groups -OCH3 is 1.